The van der Waals surface area contributed by atoms with Crippen molar-refractivity contribution < 1.29 is 4.74 Å². The lowest BCUT2D eigenvalue weighted by atomic mass is 9.66. The van der Waals surface area contributed by atoms with E-state index >= 15 is 0 Å². The van der Waals surface area contributed by atoms with Gasteiger partial charge in [0, 0.05) is 43.4 Å². The van der Waals surface area contributed by atoms with Crippen LogP contribution in [0.4, 0.5) is 17.1 Å². The number of thiophene rings is 1. The molecule has 1 aromatic heterocycles. The molecule has 3 heteroatoms. The van der Waals surface area contributed by atoms with Crippen molar-refractivity contribution in [3.63, 3.8) is 0 Å². The second-order valence-electron chi connectivity index (χ2n) is 15.6. The van der Waals surface area contributed by atoms with Crippen molar-refractivity contribution in [3.05, 3.63) is 209 Å². The molecule has 0 bridgehead atoms. The van der Waals surface area contributed by atoms with Crippen LogP contribution >= 0.6 is 11.3 Å². The molecule has 0 fully saturated rings. The maximum atomic E-state index is 6.61. The Morgan fingerprint density at radius 2 is 1.05 bits per heavy atom. The zero-order valence-corrected chi connectivity index (χ0v) is 31.3. The van der Waals surface area contributed by atoms with Crippen LogP contribution in [0.2, 0.25) is 0 Å². The molecule has 8 aromatic carbocycles. The van der Waals surface area contributed by atoms with E-state index in [1.54, 1.807) is 0 Å². The van der Waals surface area contributed by atoms with Gasteiger partial charge in [-0.2, -0.15) is 0 Å². The lowest BCUT2D eigenvalue weighted by molar-refractivity contribution is 0.436. The largest absolute Gasteiger partial charge is 0.457 e. The predicted octanol–water partition coefficient (Wildman–Crippen LogP) is 14.3. The van der Waals surface area contributed by atoms with Crippen LogP contribution in [0.15, 0.2) is 176 Å². The van der Waals surface area contributed by atoms with Gasteiger partial charge in [0.2, 0.25) is 0 Å². The first-order valence-corrected chi connectivity index (χ1v) is 19.9. The Balaban J connectivity index is 1.11. The summed E-state index contributed by atoms with van der Waals surface area (Å²) in [4.78, 5) is 2.46. The van der Waals surface area contributed by atoms with E-state index in [0.29, 0.717) is 0 Å². The lowest BCUT2D eigenvalue weighted by Gasteiger charge is -2.39. The average molecular weight is 722 g/mol. The molecule has 2 aliphatic carbocycles. The van der Waals surface area contributed by atoms with Crippen molar-refractivity contribution in [2.45, 2.75) is 24.7 Å². The topological polar surface area (TPSA) is 12.5 Å². The quantitative estimate of drug-likeness (QED) is 0.180. The fraction of sp³-hybridized carbons (Fsp3) is 0.0769. The molecule has 55 heavy (non-hydrogen) atoms. The Morgan fingerprint density at radius 3 is 1.80 bits per heavy atom. The van der Waals surface area contributed by atoms with Crippen LogP contribution in [0, 0.1) is 0 Å². The van der Waals surface area contributed by atoms with E-state index in [1.807, 2.05) is 11.3 Å². The standard InChI is InChI=1S/C52H35NOS/c1-51(2)40-20-8-6-17-34(40)36-28-27-33(29-44(36)51)53(32-15-4-3-5-16-32)46-24-14-19-37-39-30-38-35-18-7-9-21-41(35)52(45(38)31-49(39)55-50(37)46)42-22-10-12-25-47(42)54-48-26-13-11-23-43(48)52/h3-31H,1-2H3. The fourth-order valence-electron chi connectivity index (χ4n) is 10.1. The summed E-state index contributed by atoms with van der Waals surface area (Å²) < 4.78 is 9.18. The first-order valence-electron chi connectivity index (χ1n) is 19.1. The third-order valence-electron chi connectivity index (χ3n) is 12.5. The minimum absolute atomic E-state index is 0.0951. The zero-order valence-electron chi connectivity index (χ0n) is 30.5. The second kappa shape index (κ2) is 11.1. The van der Waals surface area contributed by atoms with Gasteiger partial charge in [-0.1, -0.05) is 135 Å². The van der Waals surface area contributed by atoms with Gasteiger partial charge in [-0.15, -0.1) is 11.3 Å². The number of nitrogens with zero attached hydrogens (tertiary/aromatic N) is 1. The number of ether oxygens (including phenoxy) is 1. The molecule has 0 N–H and O–H groups in total. The maximum Gasteiger partial charge on any atom is 0.132 e. The summed E-state index contributed by atoms with van der Waals surface area (Å²) in [7, 11) is 0. The van der Waals surface area contributed by atoms with Gasteiger partial charge in [-0.3, -0.25) is 0 Å². The smallest absolute Gasteiger partial charge is 0.132 e. The van der Waals surface area contributed by atoms with Crippen LogP contribution in [0.25, 0.3) is 42.4 Å². The number of benzene rings is 8. The van der Waals surface area contributed by atoms with E-state index in [9.17, 15) is 0 Å². The molecule has 0 atom stereocenters. The van der Waals surface area contributed by atoms with Crippen molar-refractivity contribution in [2.24, 2.45) is 0 Å². The van der Waals surface area contributed by atoms with Gasteiger partial charge in [0.25, 0.3) is 0 Å². The molecule has 3 aliphatic rings. The number of fused-ring (bicyclic) bond motifs is 15. The summed E-state index contributed by atoms with van der Waals surface area (Å²) in [5.41, 5.74) is 15.9. The van der Waals surface area contributed by atoms with Crippen molar-refractivity contribution in [3.8, 4) is 33.8 Å². The number of anilines is 3. The highest BCUT2D eigenvalue weighted by atomic mass is 32.1. The van der Waals surface area contributed by atoms with Crippen LogP contribution in [0.1, 0.15) is 47.2 Å². The molecule has 2 nitrogen and oxygen atoms in total. The first kappa shape index (κ1) is 31.0. The summed E-state index contributed by atoms with van der Waals surface area (Å²) in [6, 6.07) is 64.9. The molecule has 260 valence electrons. The summed E-state index contributed by atoms with van der Waals surface area (Å²) in [6.07, 6.45) is 0. The Bertz CT molecular complexity index is 3020. The van der Waals surface area contributed by atoms with Crippen molar-refractivity contribution in [1.82, 2.24) is 0 Å². The third-order valence-corrected chi connectivity index (χ3v) is 13.7. The number of para-hydroxylation sites is 3. The van der Waals surface area contributed by atoms with Crippen LogP contribution in [0.5, 0.6) is 11.5 Å². The number of hydrogen-bond acceptors (Lipinski definition) is 3. The van der Waals surface area contributed by atoms with E-state index in [0.717, 1.165) is 17.2 Å². The Kier molecular flexibility index (Phi) is 6.23. The van der Waals surface area contributed by atoms with Gasteiger partial charge < -0.3 is 9.64 Å². The Morgan fingerprint density at radius 1 is 0.436 bits per heavy atom. The molecule has 1 aliphatic heterocycles. The van der Waals surface area contributed by atoms with Crippen LogP contribution < -0.4 is 9.64 Å². The van der Waals surface area contributed by atoms with E-state index in [4.69, 9.17) is 4.74 Å². The van der Waals surface area contributed by atoms with E-state index in [2.05, 4.69) is 195 Å². The second-order valence-corrected chi connectivity index (χ2v) is 16.7. The van der Waals surface area contributed by atoms with Crippen LogP contribution in [-0.4, -0.2) is 0 Å². The SMILES string of the molecule is CC1(C)c2ccccc2-c2ccc(N(c3ccccc3)c3cccc4c3sc3cc5c(cc34)-c3ccccc3C53c4ccccc4Oc4ccccc43)cc21. The molecule has 0 amide bonds. The third kappa shape index (κ3) is 4.03. The molecule has 9 aromatic rings. The monoisotopic (exact) mass is 721 g/mol. The van der Waals surface area contributed by atoms with Gasteiger partial charge in [-0.05, 0) is 99.1 Å². The Labute approximate surface area is 324 Å². The number of hydrogen-bond donors (Lipinski definition) is 0. The summed E-state index contributed by atoms with van der Waals surface area (Å²) >= 11 is 1.90. The molecular formula is C52H35NOS. The van der Waals surface area contributed by atoms with Gasteiger partial charge >= 0.3 is 0 Å². The lowest BCUT2D eigenvalue weighted by Crippen LogP contribution is -2.32. The maximum absolute atomic E-state index is 6.61. The molecule has 0 saturated heterocycles. The highest BCUT2D eigenvalue weighted by Crippen LogP contribution is 2.63. The molecule has 2 heterocycles. The molecule has 0 radical (unpaired) electrons. The van der Waals surface area contributed by atoms with E-state index < -0.39 is 5.41 Å². The molecule has 12 rings (SSSR count). The zero-order chi connectivity index (χ0) is 36.5. The Hall–Kier alpha value is -6.42. The van der Waals surface area contributed by atoms with Gasteiger partial charge in [0.15, 0.2) is 0 Å². The van der Waals surface area contributed by atoms with Gasteiger partial charge in [0.05, 0.1) is 15.8 Å². The average Bonchev–Trinajstić information content (AvgIpc) is 3.82. The predicted molar refractivity (Wildman–Crippen MR) is 229 cm³/mol. The molecule has 0 unspecified atom stereocenters. The summed E-state index contributed by atoms with van der Waals surface area (Å²) in [5, 5.41) is 2.57. The molecule has 0 saturated carbocycles. The minimum atomic E-state index is -0.491. The van der Waals surface area contributed by atoms with Crippen LogP contribution in [-0.2, 0) is 10.8 Å². The summed E-state index contributed by atoms with van der Waals surface area (Å²) in [6.45, 7) is 4.72. The van der Waals surface area contributed by atoms with E-state index in [1.165, 1.54) is 87.2 Å². The van der Waals surface area contributed by atoms with Crippen molar-refractivity contribution >= 4 is 48.6 Å². The van der Waals surface area contributed by atoms with Crippen molar-refractivity contribution in [2.75, 3.05) is 4.90 Å². The van der Waals surface area contributed by atoms with Gasteiger partial charge in [0.1, 0.15) is 11.5 Å². The van der Waals surface area contributed by atoms with Crippen LogP contribution in [0.3, 0.4) is 0 Å². The number of rotatable bonds is 3. The molecular weight excluding hydrogens is 687 g/mol. The van der Waals surface area contributed by atoms with Gasteiger partial charge in [-0.25, -0.2) is 0 Å². The molecule has 1 spiro atoms. The first-order chi connectivity index (χ1) is 27.0. The van der Waals surface area contributed by atoms with E-state index in [-0.39, 0.29) is 5.41 Å². The highest BCUT2D eigenvalue weighted by Gasteiger charge is 2.51. The fourth-order valence-corrected chi connectivity index (χ4v) is 11.4. The minimum Gasteiger partial charge on any atom is -0.457 e. The normalized spacial score (nSPS) is 14.8. The van der Waals surface area contributed by atoms with Crippen molar-refractivity contribution in [1.29, 1.82) is 0 Å². The highest BCUT2D eigenvalue weighted by molar-refractivity contribution is 7.26. The summed E-state index contributed by atoms with van der Waals surface area (Å²) in [5.74, 6) is 1.84.